The first kappa shape index (κ1) is 31.6. The maximum absolute atomic E-state index is 13.8. The molecule has 5 N–H and O–H groups in total. The molecule has 5 amide bonds. The Balaban J connectivity index is 1.62. The fourth-order valence-electron chi connectivity index (χ4n) is 4.83. The molecule has 1 aromatic carbocycles. The highest BCUT2D eigenvalue weighted by Crippen LogP contribution is 2.34. The quantitative estimate of drug-likeness (QED) is 0.214. The van der Waals surface area contributed by atoms with Gasteiger partial charge >= 0.3 is 12.0 Å². The highest BCUT2D eigenvalue weighted by molar-refractivity contribution is 6.37. The summed E-state index contributed by atoms with van der Waals surface area (Å²) < 4.78 is 5.17. The summed E-state index contributed by atoms with van der Waals surface area (Å²) in [5, 5.41) is 7.73. The Morgan fingerprint density at radius 3 is 2.29 bits per heavy atom. The summed E-state index contributed by atoms with van der Waals surface area (Å²) in [6.07, 6.45) is 2.50. The van der Waals surface area contributed by atoms with Gasteiger partial charge in [-0.05, 0) is 35.7 Å². The lowest BCUT2D eigenvalue weighted by atomic mass is 9.85. The number of primary amides is 1. The molecule has 1 saturated heterocycles. The molecule has 12 heteroatoms. The number of urea groups is 1. The van der Waals surface area contributed by atoms with Crippen LogP contribution in [0.1, 0.15) is 58.9 Å². The monoisotopic (exact) mass is 571 g/mol. The second kappa shape index (κ2) is 13.6. The molecule has 0 spiro atoms. The minimum atomic E-state index is -1.12. The third-order valence-electron chi connectivity index (χ3n) is 7.26. The van der Waals surface area contributed by atoms with Crippen LogP contribution in [0.2, 0.25) is 0 Å². The van der Waals surface area contributed by atoms with Gasteiger partial charge in [-0.25, -0.2) is 4.79 Å². The van der Waals surface area contributed by atoms with Crippen LogP contribution in [-0.2, 0) is 35.3 Å². The van der Waals surface area contributed by atoms with Crippen molar-refractivity contribution in [2.75, 3.05) is 13.1 Å². The van der Waals surface area contributed by atoms with Crippen molar-refractivity contribution in [2.24, 2.45) is 23.0 Å². The highest BCUT2D eigenvalue weighted by Gasteiger charge is 2.45. The molecule has 4 atom stereocenters. The molecular formula is C29H41N5O7. The van der Waals surface area contributed by atoms with Crippen LogP contribution in [0.15, 0.2) is 30.3 Å². The van der Waals surface area contributed by atoms with E-state index in [0.717, 1.165) is 18.4 Å². The second-order valence-corrected chi connectivity index (χ2v) is 12.1. The standard InChI is InChI=1S/C29H41N5O7/c1-17-12-21(26(38)32-20(13-18-10-11-18)23(36)25(30)37)34(15-17)27(39)24(29(2,3)4)33-28(40)31-14-22(35)41-16-19-8-6-5-7-9-19/h5-9,17-18,20-21,24H,10-16H2,1-4H3,(H2,30,37)(H,32,38)(H2,31,33,40). The lowest BCUT2D eigenvalue weighted by molar-refractivity contribution is -0.143. The molecular weight excluding hydrogens is 530 g/mol. The highest BCUT2D eigenvalue weighted by atomic mass is 16.5. The van der Waals surface area contributed by atoms with Gasteiger partial charge in [0.25, 0.3) is 5.91 Å². The summed E-state index contributed by atoms with van der Waals surface area (Å²) in [6, 6.07) is 5.41. The van der Waals surface area contributed by atoms with Crippen molar-refractivity contribution in [3.05, 3.63) is 35.9 Å². The van der Waals surface area contributed by atoms with Gasteiger partial charge < -0.3 is 31.3 Å². The molecule has 1 aliphatic heterocycles. The summed E-state index contributed by atoms with van der Waals surface area (Å²) in [5.74, 6) is -3.40. The predicted octanol–water partition coefficient (Wildman–Crippen LogP) is 1.02. The fraction of sp³-hybridized carbons (Fsp3) is 0.586. The van der Waals surface area contributed by atoms with Gasteiger partial charge in [-0.1, -0.05) is 70.9 Å². The van der Waals surface area contributed by atoms with Crippen LogP contribution < -0.4 is 21.7 Å². The molecule has 1 aliphatic carbocycles. The number of Topliss-reactive ketones (excluding diaryl/α,β-unsaturated/α-hetero) is 1. The molecule has 1 saturated carbocycles. The van der Waals surface area contributed by atoms with Gasteiger partial charge in [0.15, 0.2) is 0 Å². The van der Waals surface area contributed by atoms with E-state index in [0.29, 0.717) is 12.8 Å². The summed E-state index contributed by atoms with van der Waals surface area (Å²) in [6.45, 7) is 7.16. The van der Waals surface area contributed by atoms with Gasteiger partial charge in [-0.15, -0.1) is 0 Å². The normalized spacial score (nSPS) is 20.0. The number of nitrogens with two attached hydrogens (primary N) is 1. The SMILES string of the molecule is CC1CC(C(=O)NC(CC2CC2)C(=O)C(N)=O)N(C(=O)C(NC(=O)NCC(=O)OCc2ccccc2)C(C)(C)C)C1. The number of nitrogens with zero attached hydrogens (tertiary/aromatic N) is 1. The van der Waals surface area contributed by atoms with Crippen molar-refractivity contribution in [2.45, 2.75) is 78.1 Å². The van der Waals surface area contributed by atoms with E-state index in [2.05, 4.69) is 16.0 Å². The fourth-order valence-corrected chi connectivity index (χ4v) is 4.83. The molecule has 1 aromatic rings. The van der Waals surface area contributed by atoms with Crippen LogP contribution in [0, 0.1) is 17.3 Å². The Morgan fingerprint density at radius 2 is 1.71 bits per heavy atom. The summed E-state index contributed by atoms with van der Waals surface area (Å²) in [4.78, 5) is 77.2. The Kier molecular flexibility index (Phi) is 10.5. The van der Waals surface area contributed by atoms with Gasteiger partial charge in [0.2, 0.25) is 17.6 Å². The molecule has 3 rings (SSSR count). The van der Waals surface area contributed by atoms with Gasteiger partial charge in [0.1, 0.15) is 25.2 Å². The smallest absolute Gasteiger partial charge is 0.325 e. The molecule has 0 radical (unpaired) electrons. The molecule has 12 nitrogen and oxygen atoms in total. The maximum Gasteiger partial charge on any atom is 0.325 e. The van der Waals surface area contributed by atoms with E-state index < -0.39 is 65.6 Å². The van der Waals surface area contributed by atoms with Crippen LogP contribution in [0.4, 0.5) is 4.79 Å². The van der Waals surface area contributed by atoms with E-state index in [1.165, 1.54) is 4.90 Å². The predicted molar refractivity (Wildman–Crippen MR) is 149 cm³/mol. The Labute approximate surface area is 240 Å². The Bertz CT molecular complexity index is 1150. The van der Waals surface area contributed by atoms with Gasteiger partial charge in [-0.2, -0.15) is 0 Å². The van der Waals surface area contributed by atoms with Gasteiger partial charge in [-0.3, -0.25) is 24.0 Å². The number of hydrogen-bond acceptors (Lipinski definition) is 7. The van der Waals surface area contributed by atoms with E-state index in [-0.39, 0.29) is 25.0 Å². The summed E-state index contributed by atoms with van der Waals surface area (Å²) in [5.41, 5.74) is 5.26. The number of carbonyl (C=O) groups excluding carboxylic acids is 6. The van der Waals surface area contributed by atoms with Gasteiger partial charge in [0.05, 0.1) is 6.04 Å². The molecule has 0 bridgehead atoms. The number of esters is 1. The van der Waals surface area contributed by atoms with Crippen LogP contribution >= 0.6 is 0 Å². The summed E-state index contributed by atoms with van der Waals surface area (Å²) >= 11 is 0. The zero-order valence-corrected chi connectivity index (χ0v) is 24.1. The first-order valence-corrected chi connectivity index (χ1v) is 13.9. The number of carbonyl (C=O) groups is 6. The zero-order chi connectivity index (χ0) is 30.3. The lowest BCUT2D eigenvalue weighted by Crippen LogP contribution is -2.60. The molecule has 1 heterocycles. The van der Waals surface area contributed by atoms with Crippen LogP contribution in [-0.4, -0.2) is 71.6 Å². The number of ketones is 1. The maximum atomic E-state index is 13.8. The van der Waals surface area contributed by atoms with E-state index in [4.69, 9.17) is 10.5 Å². The first-order chi connectivity index (χ1) is 19.3. The topological polar surface area (TPSA) is 177 Å². The Morgan fingerprint density at radius 1 is 1.05 bits per heavy atom. The van der Waals surface area contributed by atoms with E-state index in [9.17, 15) is 28.8 Å². The van der Waals surface area contributed by atoms with E-state index in [1.807, 2.05) is 37.3 Å². The average molecular weight is 572 g/mol. The first-order valence-electron chi connectivity index (χ1n) is 13.9. The lowest BCUT2D eigenvalue weighted by Gasteiger charge is -2.35. The second-order valence-electron chi connectivity index (χ2n) is 12.1. The minimum absolute atomic E-state index is 0.0164. The molecule has 4 unspecified atom stereocenters. The van der Waals surface area contributed by atoms with Crippen LogP contribution in [0.25, 0.3) is 0 Å². The Hall–Kier alpha value is -3.96. The summed E-state index contributed by atoms with van der Waals surface area (Å²) in [7, 11) is 0. The number of likely N-dealkylation sites (tertiary alicyclic amines) is 1. The molecule has 41 heavy (non-hydrogen) atoms. The minimum Gasteiger partial charge on any atom is -0.460 e. The van der Waals surface area contributed by atoms with Crippen molar-refractivity contribution in [3.63, 3.8) is 0 Å². The van der Waals surface area contributed by atoms with Crippen molar-refractivity contribution in [1.82, 2.24) is 20.9 Å². The number of benzene rings is 1. The molecule has 0 aromatic heterocycles. The van der Waals surface area contributed by atoms with Crippen molar-refractivity contribution in [3.8, 4) is 0 Å². The van der Waals surface area contributed by atoms with Crippen molar-refractivity contribution >= 4 is 35.5 Å². The van der Waals surface area contributed by atoms with E-state index in [1.54, 1.807) is 20.8 Å². The third kappa shape index (κ3) is 9.29. The molecule has 224 valence electrons. The number of rotatable bonds is 12. The zero-order valence-electron chi connectivity index (χ0n) is 24.1. The molecule has 2 aliphatic rings. The number of amides is 5. The van der Waals surface area contributed by atoms with Gasteiger partial charge in [0, 0.05) is 6.54 Å². The van der Waals surface area contributed by atoms with Crippen molar-refractivity contribution < 1.29 is 33.5 Å². The van der Waals surface area contributed by atoms with Crippen LogP contribution in [0.5, 0.6) is 0 Å². The third-order valence-corrected chi connectivity index (χ3v) is 7.26. The van der Waals surface area contributed by atoms with Crippen LogP contribution in [0.3, 0.4) is 0 Å². The number of ether oxygens (including phenoxy) is 1. The number of nitrogens with one attached hydrogen (secondary N) is 3. The largest absolute Gasteiger partial charge is 0.460 e. The average Bonchev–Trinajstić information content (AvgIpc) is 3.65. The number of hydrogen-bond donors (Lipinski definition) is 4. The van der Waals surface area contributed by atoms with Crippen molar-refractivity contribution in [1.29, 1.82) is 0 Å². The molecule has 2 fully saturated rings. The van der Waals surface area contributed by atoms with E-state index >= 15 is 0 Å².